The quantitative estimate of drug-likeness (QED) is 0.610. The average Bonchev–Trinajstić information content (AvgIpc) is 2.37. The SMILES string of the molecule is O=c1ccc2ccccc2n1CCCCCBr. The molecule has 0 amide bonds. The van der Waals surface area contributed by atoms with Gasteiger partial charge in [-0.05, 0) is 30.4 Å². The molecule has 2 rings (SSSR count). The highest BCUT2D eigenvalue weighted by Gasteiger charge is 2.01. The Morgan fingerprint density at radius 1 is 1.00 bits per heavy atom. The molecule has 17 heavy (non-hydrogen) atoms. The Kier molecular flexibility index (Phi) is 4.37. The fourth-order valence-electron chi connectivity index (χ4n) is 2.02. The van der Waals surface area contributed by atoms with Crippen LogP contribution in [0.25, 0.3) is 10.9 Å². The number of para-hydroxylation sites is 1. The van der Waals surface area contributed by atoms with Crippen molar-refractivity contribution in [2.45, 2.75) is 25.8 Å². The number of nitrogens with zero attached hydrogens (tertiary/aromatic N) is 1. The van der Waals surface area contributed by atoms with Crippen LogP contribution in [-0.2, 0) is 6.54 Å². The monoisotopic (exact) mass is 293 g/mol. The molecule has 0 saturated heterocycles. The van der Waals surface area contributed by atoms with Gasteiger partial charge in [0.05, 0.1) is 5.52 Å². The molecular formula is C14H16BrNO. The molecule has 0 atom stereocenters. The first kappa shape index (κ1) is 12.4. The molecule has 0 N–H and O–H groups in total. The van der Waals surface area contributed by atoms with E-state index in [-0.39, 0.29) is 5.56 Å². The van der Waals surface area contributed by atoms with Gasteiger partial charge in [-0.2, -0.15) is 0 Å². The summed E-state index contributed by atoms with van der Waals surface area (Å²) in [5, 5.41) is 2.17. The maximum absolute atomic E-state index is 11.9. The van der Waals surface area contributed by atoms with Crippen LogP contribution in [0.1, 0.15) is 19.3 Å². The van der Waals surface area contributed by atoms with Crippen molar-refractivity contribution < 1.29 is 0 Å². The number of unbranched alkanes of at least 4 members (excludes halogenated alkanes) is 2. The summed E-state index contributed by atoms with van der Waals surface area (Å²) < 4.78 is 1.88. The molecule has 1 aromatic carbocycles. The molecule has 90 valence electrons. The molecule has 0 saturated carbocycles. The lowest BCUT2D eigenvalue weighted by Gasteiger charge is -2.09. The second-order valence-electron chi connectivity index (χ2n) is 4.13. The molecule has 0 fully saturated rings. The van der Waals surface area contributed by atoms with Gasteiger partial charge in [-0.25, -0.2) is 0 Å². The smallest absolute Gasteiger partial charge is 0.251 e. The number of halogens is 1. The molecule has 0 aliphatic carbocycles. The number of hydrogen-bond donors (Lipinski definition) is 0. The van der Waals surface area contributed by atoms with E-state index in [1.807, 2.05) is 34.9 Å². The molecule has 1 heterocycles. The first-order chi connectivity index (χ1) is 8.33. The molecule has 0 radical (unpaired) electrons. The molecule has 3 heteroatoms. The molecule has 0 unspecified atom stereocenters. The molecule has 0 aliphatic heterocycles. The van der Waals surface area contributed by atoms with Gasteiger partial charge in [0.2, 0.25) is 0 Å². The Hall–Kier alpha value is -1.09. The highest BCUT2D eigenvalue weighted by Crippen LogP contribution is 2.12. The van der Waals surface area contributed by atoms with Crippen LogP contribution in [0.4, 0.5) is 0 Å². The largest absolute Gasteiger partial charge is 0.308 e. The second kappa shape index (κ2) is 6.01. The van der Waals surface area contributed by atoms with E-state index in [2.05, 4.69) is 15.9 Å². The van der Waals surface area contributed by atoms with E-state index >= 15 is 0 Å². The molecular weight excluding hydrogens is 278 g/mol. The molecule has 0 bridgehead atoms. The Morgan fingerprint density at radius 2 is 1.82 bits per heavy atom. The predicted octanol–water partition coefficient (Wildman–Crippen LogP) is 3.57. The van der Waals surface area contributed by atoms with Crippen molar-refractivity contribution >= 4 is 26.8 Å². The minimum absolute atomic E-state index is 0.0996. The highest BCUT2D eigenvalue weighted by molar-refractivity contribution is 9.09. The number of benzene rings is 1. The van der Waals surface area contributed by atoms with E-state index < -0.39 is 0 Å². The van der Waals surface area contributed by atoms with Gasteiger partial charge in [-0.3, -0.25) is 4.79 Å². The maximum atomic E-state index is 11.9. The fraction of sp³-hybridized carbons (Fsp3) is 0.357. The van der Waals surface area contributed by atoms with Gasteiger partial charge in [-0.15, -0.1) is 0 Å². The van der Waals surface area contributed by atoms with Crippen molar-refractivity contribution in [3.63, 3.8) is 0 Å². The number of pyridine rings is 1. The number of aryl methyl sites for hydroxylation is 1. The predicted molar refractivity (Wildman–Crippen MR) is 75.9 cm³/mol. The lowest BCUT2D eigenvalue weighted by Crippen LogP contribution is -2.19. The lowest BCUT2D eigenvalue weighted by molar-refractivity contribution is 0.605. The Balaban J connectivity index is 2.25. The number of hydrogen-bond acceptors (Lipinski definition) is 1. The van der Waals surface area contributed by atoms with Gasteiger partial charge in [0.15, 0.2) is 0 Å². The van der Waals surface area contributed by atoms with Crippen LogP contribution in [0, 0.1) is 0 Å². The summed E-state index contributed by atoms with van der Waals surface area (Å²) in [7, 11) is 0. The van der Waals surface area contributed by atoms with Crippen LogP contribution in [0.15, 0.2) is 41.2 Å². The van der Waals surface area contributed by atoms with Crippen molar-refractivity contribution in [2.75, 3.05) is 5.33 Å². The van der Waals surface area contributed by atoms with E-state index in [9.17, 15) is 4.79 Å². The van der Waals surface area contributed by atoms with Crippen molar-refractivity contribution in [3.05, 3.63) is 46.8 Å². The number of rotatable bonds is 5. The first-order valence-corrected chi connectivity index (χ1v) is 7.09. The zero-order chi connectivity index (χ0) is 12.1. The van der Waals surface area contributed by atoms with Crippen molar-refractivity contribution in [2.24, 2.45) is 0 Å². The normalized spacial score (nSPS) is 10.9. The van der Waals surface area contributed by atoms with Crippen LogP contribution in [0.2, 0.25) is 0 Å². The summed E-state index contributed by atoms with van der Waals surface area (Å²) in [5.74, 6) is 0. The minimum atomic E-state index is 0.0996. The Labute approximate surface area is 109 Å². The minimum Gasteiger partial charge on any atom is -0.308 e. The third kappa shape index (κ3) is 2.97. The van der Waals surface area contributed by atoms with E-state index in [0.29, 0.717) is 0 Å². The van der Waals surface area contributed by atoms with Crippen LogP contribution in [0.5, 0.6) is 0 Å². The van der Waals surface area contributed by atoms with Gasteiger partial charge >= 0.3 is 0 Å². The average molecular weight is 294 g/mol. The number of fused-ring (bicyclic) bond motifs is 1. The van der Waals surface area contributed by atoms with Crippen LogP contribution in [0.3, 0.4) is 0 Å². The lowest BCUT2D eigenvalue weighted by atomic mass is 10.2. The summed E-state index contributed by atoms with van der Waals surface area (Å²) in [6.45, 7) is 0.813. The Bertz CT molecular complexity index is 547. The third-order valence-corrected chi connectivity index (χ3v) is 3.48. The zero-order valence-electron chi connectivity index (χ0n) is 9.73. The zero-order valence-corrected chi connectivity index (χ0v) is 11.3. The van der Waals surface area contributed by atoms with Gasteiger partial charge in [0.1, 0.15) is 0 Å². The fourth-order valence-corrected chi connectivity index (χ4v) is 2.41. The first-order valence-electron chi connectivity index (χ1n) is 5.97. The number of aromatic nitrogens is 1. The van der Waals surface area contributed by atoms with E-state index in [1.54, 1.807) is 6.07 Å². The van der Waals surface area contributed by atoms with Crippen LogP contribution >= 0.6 is 15.9 Å². The van der Waals surface area contributed by atoms with Crippen molar-refractivity contribution in [3.8, 4) is 0 Å². The van der Waals surface area contributed by atoms with Gasteiger partial charge in [0, 0.05) is 17.9 Å². The molecule has 2 aromatic rings. The van der Waals surface area contributed by atoms with E-state index in [1.165, 1.54) is 6.42 Å². The topological polar surface area (TPSA) is 22.0 Å². The van der Waals surface area contributed by atoms with E-state index in [4.69, 9.17) is 0 Å². The van der Waals surface area contributed by atoms with Gasteiger partial charge < -0.3 is 4.57 Å². The van der Waals surface area contributed by atoms with Crippen LogP contribution in [-0.4, -0.2) is 9.90 Å². The second-order valence-corrected chi connectivity index (χ2v) is 4.92. The Morgan fingerprint density at radius 3 is 2.65 bits per heavy atom. The van der Waals surface area contributed by atoms with Gasteiger partial charge in [0.25, 0.3) is 5.56 Å². The summed E-state index contributed by atoms with van der Waals surface area (Å²) in [4.78, 5) is 11.9. The standard InChI is InChI=1S/C14H16BrNO/c15-10-4-1-5-11-16-13-7-3-2-6-12(13)8-9-14(16)17/h2-3,6-9H,1,4-5,10-11H2. The highest BCUT2D eigenvalue weighted by atomic mass is 79.9. The summed E-state index contributed by atoms with van der Waals surface area (Å²) in [5.41, 5.74) is 1.14. The molecule has 0 spiro atoms. The summed E-state index contributed by atoms with van der Waals surface area (Å²) >= 11 is 3.42. The summed E-state index contributed by atoms with van der Waals surface area (Å²) in [6, 6.07) is 11.6. The maximum Gasteiger partial charge on any atom is 0.251 e. The number of alkyl halides is 1. The van der Waals surface area contributed by atoms with E-state index in [0.717, 1.165) is 35.6 Å². The van der Waals surface area contributed by atoms with Crippen molar-refractivity contribution in [1.29, 1.82) is 0 Å². The third-order valence-electron chi connectivity index (χ3n) is 2.91. The summed E-state index contributed by atoms with van der Waals surface area (Å²) in [6.07, 6.45) is 3.37. The van der Waals surface area contributed by atoms with Crippen LogP contribution < -0.4 is 5.56 Å². The van der Waals surface area contributed by atoms with Gasteiger partial charge in [-0.1, -0.05) is 40.5 Å². The molecule has 0 aliphatic rings. The van der Waals surface area contributed by atoms with Crippen molar-refractivity contribution in [1.82, 2.24) is 4.57 Å². The molecule has 2 nitrogen and oxygen atoms in total. The molecule has 1 aromatic heterocycles.